The molecule has 0 radical (unpaired) electrons. The molecule has 0 heterocycles. The van der Waals surface area contributed by atoms with Gasteiger partial charge in [0.1, 0.15) is 5.75 Å². The van der Waals surface area contributed by atoms with Crippen molar-refractivity contribution in [3.63, 3.8) is 0 Å². The number of phenolic OH excluding ortho intramolecular Hbond substituents is 1. The number of nitro groups is 1. The molecular weight excluding hydrogens is 194 g/mol. The third kappa shape index (κ3) is 5.35. The van der Waals surface area contributed by atoms with E-state index in [-0.39, 0.29) is 11.4 Å². The Labute approximate surface area is 78.0 Å². The predicted molar refractivity (Wildman–Crippen MR) is 45.4 cm³/mol. The van der Waals surface area contributed by atoms with Gasteiger partial charge in [0.25, 0.3) is 5.69 Å². The molecule has 0 aliphatic rings. The van der Waals surface area contributed by atoms with Crippen LogP contribution < -0.4 is 0 Å². The van der Waals surface area contributed by atoms with E-state index in [0.29, 0.717) is 0 Å². The highest BCUT2D eigenvalue weighted by molar-refractivity contribution is 5.53. The fourth-order valence-electron chi connectivity index (χ4n) is 0.574. The van der Waals surface area contributed by atoms with Crippen LogP contribution in [0.25, 0.3) is 0 Å². The molecule has 1 aromatic carbocycles. The lowest BCUT2D eigenvalue weighted by atomic mass is 10.3. The number of hydrogen-bond donors (Lipinski definition) is 3. The van der Waals surface area contributed by atoms with Gasteiger partial charge < -0.3 is 15.3 Å². The third-order valence-corrected chi connectivity index (χ3v) is 1.06. The molecule has 76 valence electrons. The first-order valence-corrected chi connectivity index (χ1v) is 3.29. The van der Waals surface area contributed by atoms with Gasteiger partial charge in [0.05, 0.1) is 4.92 Å². The summed E-state index contributed by atoms with van der Waals surface area (Å²) in [6.07, 6.45) is -1.83. The van der Waals surface area contributed by atoms with Crippen molar-refractivity contribution in [2.24, 2.45) is 0 Å². The zero-order valence-electron chi connectivity index (χ0n) is 6.82. The Hall–Kier alpha value is -2.31. The second-order valence-corrected chi connectivity index (χ2v) is 2.06. The van der Waals surface area contributed by atoms with Crippen LogP contribution in [-0.4, -0.2) is 26.4 Å². The van der Waals surface area contributed by atoms with Crippen LogP contribution in [-0.2, 0) is 0 Å². The number of aromatic hydroxyl groups is 1. The maximum atomic E-state index is 10.0. The molecule has 0 saturated heterocycles. The van der Waals surface area contributed by atoms with Crippen molar-refractivity contribution in [3.8, 4) is 5.75 Å². The first kappa shape index (κ1) is 11.7. The third-order valence-electron chi connectivity index (χ3n) is 1.06. The first-order chi connectivity index (χ1) is 6.43. The van der Waals surface area contributed by atoms with Gasteiger partial charge in [-0.25, -0.2) is 4.79 Å². The molecule has 0 bridgehead atoms. The van der Waals surface area contributed by atoms with Crippen molar-refractivity contribution in [1.82, 2.24) is 0 Å². The number of phenols is 1. The van der Waals surface area contributed by atoms with Crippen LogP contribution in [0.2, 0.25) is 0 Å². The van der Waals surface area contributed by atoms with E-state index in [1.165, 1.54) is 24.3 Å². The van der Waals surface area contributed by atoms with Crippen LogP contribution in [0.3, 0.4) is 0 Å². The lowest BCUT2D eigenvalue weighted by molar-refractivity contribution is -0.384. The van der Waals surface area contributed by atoms with Gasteiger partial charge in [0.15, 0.2) is 0 Å². The SMILES string of the molecule is O=C(O)O.O=[N+]([O-])c1ccc(O)cc1. The van der Waals surface area contributed by atoms with Crippen molar-refractivity contribution in [2.45, 2.75) is 0 Å². The first-order valence-electron chi connectivity index (χ1n) is 3.29. The van der Waals surface area contributed by atoms with E-state index >= 15 is 0 Å². The highest BCUT2D eigenvalue weighted by atomic mass is 16.6. The van der Waals surface area contributed by atoms with Gasteiger partial charge >= 0.3 is 6.16 Å². The Morgan fingerprint density at radius 1 is 1.21 bits per heavy atom. The van der Waals surface area contributed by atoms with Crippen LogP contribution in [0.15, 0.2) is 24.3 Å². The molecule has 0 amide bonds. The Morgan fingerprint density at radius 3 is 1.86 bits per heavy atom. The topological polar surface area (TPSA) is 121 Å². The lowest BCUT2D eigenvalue weighted by Gasteiger charge is -1.89. The summed E-state index contributed by atoms with van der Waals surface area (Å²) in [6, 6.07) is 5.04. The molecule has 0 unspecified atom stereocenters. The van der Waals surface area contributed by atoms with Crippen LogP contribution in [0, 0.1) is 10.1 Å². The van der Waals surface area contributed by atoms with Crippen molar-refractivity contribution >= 4 is 11.8 Å². The summed E-state index contributed by atoms with van der Waals surface area (Å²) in [4.78, 5) is 18.1. The number of nitro benzene ring substituents is 1. The second-order valence-electron chi connectivity index (χ2n) is 2.06. The molecule has 0 aliphatic heterocycles. The summed E-state index contributed by atoms with van der Waals surface area (Å²) in [5, 5.41) is 32.7. The summed E-state index contributed by atoms with van der Waals surface area (Å²) >= 11 is 0. The fraction of sp³-hybridized carbons (Fsp3) is 0. The smallest absolute Gasteiger partial charge is 0.503 e. The number of non-ortho nitro benzene ring substituents is 1. The van der Waals surface area contributed by atoms with Crippen molar-refractivity contribution < 1.29 is 25.0 Å². The molecule has 0 aromatic heterocycles. The number of hydrogen-bond acceptors (Lipinski definition) is 4. The Balaban J connectivity index is 0.000000364. The average molecular weight is 201 g/mol. The molecule has 7 heteroatoms. The van der Waals surface area contributed by atoms with Gasteiger partial charge in [-0.2, -0.15) is 0 Å². The number of carboxylic acid groups (broad SMARTS) is 2. The Morgan fingerprint density at radius 2 is 1.57 bits per heavy atom. The van der Waals surface area contributed by atoms with Gasteiger partial charge in [-0.15, -0.1) is 0 Å². The second kappa shape index (κ2) is 5.36. The van der Waals surface area contributed by atoms with E-state index in [4.69, 9.17) is 20.1 Å². The van der Waals surface area contributed by atoms with Gasteiger partial charge in [-0.3, -0.25) is 10.1 Å². The van der Waals surface area contributed by atoms with Crippen molar-refractivity contribution in [2.75, 3.05) is 0 Å². The number of nitrogens with zero attached hydrogens (tertiary/aromatic N) is 1. The van der Waals surface area contributed by atoms with Gasteiger partial charge in [-0.1, -0.05) is 0 Å². The van der Waals surface area contributed by atoms with E-state index < -0.39 is 11.1 Å². The number of benzene rings is 1. The molecule has 0 spiro atoms. The van der Waals surface area contributed by atoms with Gasteiger partial charge in [0.2, 0.25) is 0 Å². The van der Waals surface area contributed by atoms with Crippen LogP contribution in [0.5, 0.6) is 5.75 Å². The minimum absolute atomic E-state index is 0.0159. The molecule has 7 nitrogen and oxygen atoms in total. The van der Waals surface area contributed by atoms with E-state index in [1.54, 1.807) is 0 Å². The molecule has 1 aromatic rings. The highest BCUT2D eigenvalue weighted by Crippen LogP contribution is 2.14. The zero-order valence-corrected chi connectivity index (χ0v) is 6.82. The number of rotatable bonds is 1. The Bertz CT molecular complexity index is 315. The minimum atomic E-state index is -1.83. The zero-order chi connectivity index (χ0) is 11.1. The molecule has 1 rings (SSSR count). The number of carbonyl (C=O) groups is 1. The summed E-state index contributed by atoms with van der Waals surface area (Å²) in [5.41, 5.74) is -0.0159. The molecular formula is C7H7NO6. The van der Waals surface area contributed by atoms with E-state index in [9.17, 15) is 10.1 Å². The normalized spacial score (nSPS) is 8.29. The van der Waals surface area contributed by atoms with E-state index in [2.05, 4.69) is 0 Å². The average Bonchev–Trinajstić information content (AvgIpc) is 2.03. The maximum Gasteiger partial charge on any atom is 0.503 e. The monoisotopic (exact) mass is 201 g/mol. The molecule has 0 atom stereocenters. The molecule has 0 fully saturated rings. The molecule has 0 aliphatic carbocycles. The summed E-state index contributed by atoms with van der Waals surface area (Å²) in [5.74, 6) is 0.0330. The van der Waals surface area contributed by atoms with Gasteiger partial charge in [-0.05, 0) is 12.1 Å². The summed E-state index contributed by atoms with van der Waals surface area (Å²) < 4.78 is 0. The largest absolute Gasteiger partial charge is 0.508 e. The summed E-state index contributed by atoms with van der Waals surface area (Å²) in [7, 11) is 0. The molecule has 3 N–H and O–H groups in total. The standard InChI is InChI=1S/C6H5NO3.CH2O3/c8-6-3-1-5(2-4-6)7(9)10;2-1(3)4/h1-4,8H;(H2,2,3,4). The van der Waals surface area contributed by atoms with Crippen molar-refractivity contribution in [1.29, 1.82) is 0 Å². The van der Waals surface area contributed by atoms with Gasteiger partial charge in [0, 0.05) is 12.1 Å². The van der Waals surface area contributed by atoms with Crippen LogP contribution in [0.4, 0.5) is 10.5 Å². The minimum Gasteiger partial charge on any atom is -0.508 e. The maximum absolute atomic E-state index is 10.0. The fourth-order valence-corrected chi connectivity index (χ4v) is 0.574. The highest BCUT2D eigenvalue weighted by Gasteiger charge is 2.01. The van der Waals surface area contributed by atoms with E-state index in [0.717, 1.165) is 0 Å². The molecule has 0 saturated carbocycles. The Kier molecular flexibility index (Phi) is 4.47. The van der Waals surface area contributed by atoms with E-state index in [1.807, 2.05) is 0 Å². The predicted octanol–water partition coefficient (Wildman–Crippen LogP) is 1.52. The van der Waals surface area contributed by atoms with Crippen LogP contribution in [0.1, 0.15) is 0 Å². The summed E-state index contributed by atoms with van der Waals surface area (Å²) in [6.45, 7) is 0. The van der Waals surface area contributed by atoms with Crippen LogP contribution >= 0.6 is 0 Å². The molecule has 14 heavy (non-hydrogen) atoms. The van der Waals surface area contributed by atoms with Crippen molar-refractivity contribution in [3.05, 3.63) is 34.4 Å². The quantitative estimate of drug-likeness (QED) is 0.467. The lowest BCUT2D eigenvalue weighted by Crippen LogP contribution is -1.85.